The van der Waals surface area contributed by atoms with Crippen molar-refractivity contribution in [2.75, 3.05) is 18.0 Å². The van der Waals surface area contributed by atoms with E-state index in [1.54, 1.807) is 6.07 Å². The molecule has 6 nitrogen and oxygen atoms in total. The molecule has 1 unspecified atom stereocenters. The molecule has 1 aliphatic carbocycles. The molecule has 1 aromatic carbocycles. The minimum atomic E-state index is -0.541. The van der Waals surface area contributed by atoms with Crippen LogP contribution in [0.15, 0.2) is 36.4 Å². The highest BCUT2D eigenvalue weighted by molar-refractivity contribution is 7.97. The van der Waals surface area contributed by atoms with Crippen molar-refractivity contribution in [2.45, 2.75) is 36.8 Å². The first-order chi connectivity index (χ1) is 15.1. The number of amides is 1. The van der Waals surface area contributed by atoms with E-state index in [1.807, 2.05) is 30.3 Å². The number of aryl methyl sites for hydroxylation is 1. The Bertz CT molecular complexity index is 1020. The molecule has 1 aliphatic heterocycles. The number of anilines is 1. The van der Waals surface area contributed by atoms with Gasteiger partial charge < -0.3 is 4.90 Å². The third-order valence-corrected chi connectivity index (χ3v) is 7.05. The molecule has 2 heterocycles. The minimum Gasteiger partial charge on any atom is -0.355 e. The summed E-state index contributed by atoms with van der Waals surface area (Å²) in [5, 5.41) is 9.07. The SMILES string of the molecule is N#Cc1cc2c(nc1N1CCC(C(=O)NSCc3ccccc3)CC1)CCC(Cl)C2=O. The van der Waals surface area contributed by atoms with Crippen LogP contribution in [0, 0.1) is 17.2 Å². The Hall–Kier alpha value is -2.56. The van der Waals surface area contributed by atoms with Gasteiger partial charge in [-0.2, -0.15) is 5.26 Å². The fourth-order valence-electron chi connectivity index (χ4n) is 4.03. The number of halogens is 1. The first-order valence-corrected chi connectivity index (χ1v) is 11.8. The number of rotatable bonds is 5. The van der Waals surface area contributed by atoms with Gasteiger partial charge in [0.15, 0.2) is 5.78 Å². The average Bonchev–Trinajstić information content (AvgIpc) is 2.81. The van der Waals surface area contributed by atoms with Crippen molar-refractivity contribution < 1.29 is 9.59 Å². The Morgan fingerprint density at radius 3 is 2.71 bits per heavy atom. The number of piperidine rings is 1. The molecule has 2 aromatic rings. The summed E-state index contributed by atoms with van der Waals surface area (Å²) in [6.45, 7) is 1.29. The van der Waals surface area contributed by atoms with E-state index in [1.165, 1.54) is 17.5 Å². The van der Waals surface area contributed by atoms with Crippen molar-refractivity contribution in [2.24, 2.45) is 5.92 Å². The Kier molecular flexibility index (Phi) is 6.79. The maximum absolute atomic E-state index is 12.5. The van der Waals surface area contributed by atoms with Crippen molar-refractivity contribution in [3.63, 3.8) is 0 Å². The summed E-state index contributed by atoms with van der Waals surface area (Å²) in [6, 6.07) is 13.8. The highest BCUT2D eigenvalue weighted by atomic mass is 35.5. The summed E-state index contributed by atoms with van der Waals surface area (Å²) in [6.07, 6.45) is 2.59. The zero-order valence-electron chi connectivity index (χ0n) is 17.0. The molecular formula is C23H23ClN4O2S. The molecule has 0 saturated carbocycles. The van der Waals surface area contributed by atoms with Gasteiger partial charge in [0.25, 0.3) is 0 Å². The molecular weight excluding hydrogens is 432 g/mol. The lowest BCUT2D eigenvalue weighted by Crippen LogP contribution is -2.40. The number of benzene rings is 1. The number of fused-ring (bicyclic) bond motifs is 1. The van der Waals surface area contributed by atoms with Crippen LogP contribution < -0.4 is 9.62 Å². The molecule has 1 atom stereocenters. The third kappa shape index (κ3) is 4.86. The quantitative estimate of drug-likeness (QED) is 0.545. The second-order valence-electron chi connectivity index (χ2n) is 7.84. The van der Waals surface area contributed by atoms with Crippen LogP contribution in [-0.4, -0.2) is 35.1 Å². The number of Topliss-reactive ketones (excluding diaryl/α,β-unsaturated/α-hetero) is 1. The van der Waals surface area contributed by atoms with E-state index in [-0.39, 0.29) is 17.6 Å². The standard InChI is InChI=1S/C23H23ClN4O2S/c24-19-6-7-20-18(21(19)29)12-17(13-25)22(26-20)28-10-8-16(9-11-28)23(30)27-31-14-15-4-2-1-3-5-15/h1-5,12,16,19H,6-11,14H2,(H,27,30). The molecule has 0 spiro atoms. The highest BCUT2D eigenvalue weighted by Gasteiger charge is 2.31. The van der Waals surface area contributed by atoms with E-state index in [9.17, 15) is 14.9 Å². The monoisotopic (exact) mass is 454 g/mol. The lowest BCUT2D eigenvalue weighted by molar-refractivity contribution is -0.123. The van der Waals surface area contributed by atoms with Gasteiger partial charge in [-0.1, -0.05) is 30.3 Å². The van der Waals surface area contributed by atoms with Crippen LogP contribution in [-0.2, 0) is 17.0 Å². The van der Waals surface area contributed by atoms with Crippen molar-refractivity contribution in [1.82, 2.24) is 9.71 Å². The molecule has 160 valence electrons. The first-order valence-electron chi connectivity index (χ1n) is 10.4. The first kappa shape index (κ1) is 21.7. The van der Waals surface area contributed by atoms with Crippen LogP contribution in [0.25, 0.3) is 0 Å². The predicted molar refractivity (Wildman–Crippen MR) is 122 cm³/mol. The second-order valence-corrected chi connectivity index (χ2v) is 9.15. The zero-order chi connectivity index (χ0) is 21.8. The smallest absolute Gasteiger partial charge is 0.233 e. The molecule has 0 bridgehead atoms. The molecule has 0 radical (unpaired) electrons. The average molecular weight is 455 g/mol. The number of alkyl halides is 1. The fourth-order valence-corrected chi connectivity index (χ4v) is 5.00. The molecule has 1 amide bonds. The molecule has 31 heavy (non-hydrogen) atoms. The van der Waals surface area contributed by atoms with Gasteiger partial charge >= 0.3 is 0 Å². The van der Waals surface area contributed by atoms with Gasteiger partial charge in [-0.3, -0.25) is 14.3 Å². The van der Waals surface area contributed by atoms with Gasteiger partial charge in [0.2, 0.25) is 5.91 Å². The lowest BCUT2D eigenvalue weighted by atomic mass is 9.92. The number of nitrogens with one attached hydrogen (secondary N) is 1. The van der Waals surface area contributed by atoms with Crippen LogP contribution in [0.3, 0.4) is 0 Å². The van der Waals surface area contributed by atoms with E-state index < -0.39 is 5.38 Å². The normalized spacial score (nSPS) is 18.9. The van der Waals surface area contributed by atoms with Crippen molar-refractivity contribution >= 4 is 41.1 Å². The van der Waals surface area contributed by atoms with Crippen LogP contribution >= 0.6 is 23.5 Å². The van der Waals surface area contributed by atoms with E-state index in [4.69, 9.17) is 11.6 Å². The van der Waals surface area contributed by atoms with Crippen LogP contribution in [0.2, 0.25) is 0 Å². The second kappa shape index (κ2) is 9.71. The number of nitrogens with zero attached hydrogens (tertiary/aromatic N) is 3. The molecule has 8 heteroatoms. The van der Waals surface area contributed by atoms with Crippen LogP contribution in [0.4, 0.5) is 5.82 Å². The number of carbonyl (C=O) groups excluding carboxylic acids is 2. The fraction of sp³-hybridized carbons (Fsp3) is 0.391. The van der Waals surface area contributed by atoms with Gasteiger partial charge in [0.1, 0.15) is 11.9 Å². The van der Waals surface area contributed by atoms with E-state index >= 15 is 0 Å². The summed E-state index contributed by atoms with van der Waals surface area (Å²) in [7, 11) is 0. The molecule has 1 saturated heterocycles. The summed E-state index contributed by atoms with van der Waals surface area (Å²) >= 11 is 7.50. The topological polar surface area (TPSA) is 86.1 Å². The summed E-state index contributed by atoms with van der Waals surface area (Å²) in [5.74, 6) is 1.19. The largest absolute Gasteiger partial charge is 0.355 e. The Balaban J connectivity index is 1.36. The number of nitriles is 1. The summed E-state index contributed by atoms with van der Waals surface area (Å²) in [4.78, 5) is 31.6. The number of hydrogen-bond acceptors (Lipinski definition) is 6. The van der Waals surface area contributed by atoms with Gasteiger partial charge in [-0.15, -0.1) is 11.6 Å². The summed E-state index contributed by atoms with van der Waals surface area (Å²) in [5.41, 5.74) is 2.74. The van der Waals surface area contributed by atoms with Gasteiger partial charge in [-0.05, 0) is 49.3 Å². The molecule has 1 N–H and O–H groups in total. The maximum atomic E-state index is 12.5. The van der Waals surface area contributed by atoms with Crippen molar-refractivity contribution in [1.29, 1.82) is 5.26 Å². The minimum absolute atomic E-state index is 0.0539. The van der Waals surface area contributed by atoms with Gasteiger partial charge in [0, 0.05) is 30.3 Å². The van der Waals surface area contributed by atoms with Gasteiger partial charge in [-0.25, -0.2) is 4.98 Å². The number of carbonyl (C=O) groups is 2. The highest BCUT2D eigenvalue weighted by Crippen LogP contribution is 2.31. The summed E-state index contributed by atoms with van der Waals surface area (Å²) < 4.78 is 2.97. The molecule has 1 aromatic heterocycles. The number of aromatic nitrogens is 1. The zero-order valence-corrected chi connectivity index (χ0v) is 18.6. The number of pyridine rings is 1. The lowest BCUT2D eigenvalue weighted by Gasteiger charge is -2.33. The third-order valence-electron chi connectivity index (χ3n) is 5.81. The maximum Gasteiger partial charge on any atom is 0.233 e. The number of hydrogen-bond donors (Lipinski definition) is 1. The van der Waals surface area contributed by atoms with Crippen molar-refractivity contribution in [3.05, 3.63) is 58.8 Å². The van der Waals surface area contributed by atoms with E-state index in [2.05, 4.69) is 20.7 Å². The number of ketones is 1. The predicted octanol–water partition coefficient (Wildman–Crippen LogP) is 3.87. The Labute approximate surface area is 191 Å². The molecule has 1 fully saturated rings. The van der Waals surface area contributed by atoms with Crippen molar-refractivity contribution in [3.8, 4) is 6.07 Å². The van der Waals surface area contributed by atoms with E-state index in [0.717, 1.165) is 5.75 Å². The van der Waals surface area contributed by atoms with Crippen LogP contribution in [0.1, 0.15) is 46.4 Å². The molecule has 2 aliphatic rings. The Morgan fingerprint density at radius 1 is 1.26 bits per heavy atom. The molecule has 4 rings (SSSR count). The Morgan fingerprint density at radius 2 is 2.00 bits per heavy atom. The van der Waals surface area contributed by atoms with Crippen LogP contribution in [0.5, 0.6) is 0 Å². The van der Waals surface area contributed by atoms with E-state index in [0.29, 0.717) is 61.4 Å². The van der Waals surface area contributed by atoms with Gasteiger partial charge in [0.05, 0.1) is 16.6 Å².